The minimum Gasteiger partial charge on any atom is -0.352 e. The van der Waals surface area contributed by atoms with E-state index in [9.17, 15) is 9.59 Å². The lowest BCUT2D eigenvalue weighted by Gasteiger charge is -2.33. The number of piperidine rings is 1. The summed E-state index contributed by atoms with van der Waals surface area (Å²) < 4.78 is 1.08. The average molecular weight is 346 g/mol. The summed E-state index contributed by atoms with van der Waals surface area (Å²) in [7, 11) is 1.77. The molecule has 1 atom stereocenters. The fourth-order valence-corrected chi connectivity index (χ4v) is 3.96. The van der Waals surface area contributed by atoms with Crippen LogP contribution >= 0.6 is 11.3 Å². The maximum absolute atomic E-state index is 12.6. The highest BCUT2D eigenvalue weighted by molar-refractivity contribution is 7.22. The average Bonchev–Trinajstić information content (AvgIpc) is 2.97. The predicted molar refractivity (Wildman–Crippen MR) is 96.3 cm³/mol. The van der Waals surface area contributed by atoms with E-state index in [1.54, 1.807) is 11.9 Å². The van der Waals surface area contributed by atoms with E-state index < -0.39 is 0 Å². The molecule has 128 valence electrons. The number of anilines is 1. The molecule has 1 aliphatic rings. The number of thiazole rings is 1. The molecule has 0 spiro atoms. The molecule has 0 radical (unpaired) electrons. The lowest BCUT2D eigenvalue weighted by molar-refractivity contribution is -0.120. The highest BCUT2D eigenvalue weighted by Crippen LogP contribution is 2.27. The first-order valence-electron chi connectivity index (χ1n) is 8.14. The van der Waals surface area contributed by atoms with Gasteiger partial charge in [-0.25, -0.2) is 4.98 Å². The van der Waals surface area contributed by atoms with Gasteiger partial charge in [0.15, 0.2) is 5.13 Å². The van der Waals surface area contributed by atoms with Gasteiger partial charge in [0.2, 0.25) is 11.8 Å². The van der Waals surface area contributed by atoms with E-state index in [-0.39, 0.29) is 17.9 Å². The zero-order chi connectivity index (χ0) is 17.1. The number of amides is 2. The zero-order valence-corrected chi connectivity index (χ0v) is 14.8. The van der Waals surface area contributed by atoms with Crippen molar-refractivity contribution >= 4 is 38.5 Å². The number of hydrogen-bond donors (Lipinski definition) is 1. The van der Waals surface area contributed by atoms with Gasteiger partial charge in [-0.3, -0.25) is 19.4 Å². The number of hydrogen-bond acceptors (Lipinski definition) is 5. The molecule has 1 unspecified atom stereocenters. The number of nitrogens with one attached hydrogen (secondary N) is 1. The summed E-state index contributed by atoms with van der Waals surface area (Å²) in [5.74, 6) is 0.0114. The Morgan fingerprint density at radius 1 is 1.42 bits per heavy atom. The van der Waals surface area contributed by atoms with Crippen LogP contribution in [0, 0.1) is 0 Å². The molecule has 0 aliphatic carbocycles. The largest absolute Gasteiger partial charge is 0.352 e. The summed E-state index contributed by atoms with van der Waals surface area (Å²) in [6, 6.07) is 8.02. The van der Waals surface area contributed by atoms with Gasteiger partial charge in [-0.05, 0) is 31.5 Å². The number of likely N-dealkylation sites (tertiary alicyclic amines) is 1. The Morgan fingerprint density at radius 3 is 2.96 bits per heavy atom. The normalized spacial score (nSPS) is 18.5. The van der Waals surface area contributed by atoms with Crippen LogP contribution in [0.25, 0.3) is 10.2 Å². The number of carbonyl (C=O) groups is 2. The third kappa shape index (κ3) is 3.91. The molecular formula is C17H22N4O2S. The van der Waals surface area contributed by atoms with Crippen molar-refractivity contribution in [1.29, 1.82) is 0 Å². The second-order valence-corrected chi connectivity index (χ2v) is 7.20. The van der Waals surface area contributed by atoms with Crippen molar-refractivity contribution in [1.82, 2.24) is 15.2 Å². The van der Waals surface area contributed by atoms with Gasteiger partial charge < -0.3 is 5.32 Å². The van der Waals surface area contributed by atoms with E-state index in [0.717, 1.165) is 41.3 Å². The fraction of sp³-hybridized carbons (Fsp3) is 0.471. The molecule has 1 N–H and O–H groups in total. The Balaban J connectivity index is 1.62. The molecule has 2 amide bonds. The molecule has 1 fully saturated rings. The maximum Gasteiger partial charge on any atom is 0.242 e. The molecule has 7 heteroatoms. The highest BCUT2D eigenvalue weighted by Gasteiger charge is 2.24. The lowest BCUT2D eigenvalue weighted by Crippen LogP contribution is -2.50. The molecule has 0 bridgehead atoms. The van der Waals surface area contributed by atoms with Gasteiger partial charge in [0.1, 0.15) is 0 Å². The van der Waals surface area contributed by atoms with Crippen LogP contribution in [-0.2, 0) is 9.59 Å². The molecule has 2 aromatic rings. The zero-order valence-electron chi connectivity index (χ0n) is 14.0. The molecule has 1 aliphatic heterocycles. The molecule has 1 saturated heterocycles. The number of nitrogens with zero attached hydrogens (tertiary/aromatic N) is 3. The van der Waals surface area contributed by atoms with Crippen molar-refractivity contribution in [2.45, 2.75) is 25.8 Å². The van der Waals surface area contributed by atoms with Crippen LogP contribution in [0.1, 0.15) is 19.8 Å². The molecule has 0 saturated carbocycles. The van der Waals surface area contributed by atoms with Gasteiger partial charge in [0, 0.05) is 26.6 Å². The Labute approximate surface area is 145 Å². The second kappa shape index (κ2) is 7.27. The van der Waals surface area contributed by atoms with Crippen LogP contribution in [0.2, 0.25) is 0 Å². The minimum absolute atomic E-state index is 0.0141. The van der Waals surface area contributed by atoms with E-state index >= 15 is 0 Å². The summed E-state index contributed by atoms with van der Waals surface area (Å²) in [6.07, 6.45) is 1.96. The number of benzene rings is 1. The second-order valence-electron chi connectivity index (χ2n) is 6.19. The van der Waals surface area contributed by atoms with Gasteiger partial charge in [-0.15, -0.1) is 0 Å². The van der Waals surface area contributed by atoms with Crippen LogP contribution < -0.4 is 10.2 Å². The molecule has 2 heterocycles. The van der Waals surface area contributed by atoms with E-state index in [2.05, 4.69) is 15.2 Å². The van der Waals surface area contributed by atoms with E-state index in [1.165, 1.54) is 18.3 Å². The van der Waals surface area contributed by atoms with Crippen molar-refractivity contribution in [3.8, 4) is 0 Å². The number of rotatable bonds is 4. The van der Waals surface area contributed by atoms with Crippen molar-refractivity contribution in [3.05, 3.63) is 24.3 Å². The molecule has 1 aromatic carbocycles. The molecule has 6 nitrogen and oxygen atoms in total. The monoisotopic (exact) mass is 346 g/mol. The van der Waals surface area contributed by atoms with Gasteiger partial charge in [0.05, 0.1) is 16.8 Å². The van der Waals surface area contributed by atoms with Gasteiger partial charge in [0.25, 0.3) is 0 Å². The first-order valence-corrected chi connectivity index (χ1v) is 8.96. The van der Waals surface area contributed by atoms with E-state index in [4.69, 9.17) is 0 Å². The van der Waals surface area contributed by atoms with E-state index in [0.29, 0.717) is 6.54 Å². The van der Waals surface area contributed by atoms with Crippen LogP contribution in [0.4, 0.5) is 5.13 Å². The Bertz CT molecular complexity index is 712. The first kappa shape index (κ1) is 16.9. The maximum atomic E-state index is 12.6. The van der Waals surface area contributed by atoms with Crippen molar-refractivity contribution in [3.63, 3.8) is 0 Å². The van der Waals surface area contributed by atoms with Gasteiger partial charge in [-0.2, -0.15) is 0 Å². The van der Waals surface area contributed by atoms with E-state index in [1.807, 2.05) is 24.3 Å². The lowest BCUT2D eigenvalue weighted by atomic mass is 10.1. The van der Waals surface area contributed by atoms with Crippen LogP contribution in [0.3, 0.4) is 0 Å². The van der Waals surface area contributed by atoms with Crippen LogP contribution in [0.5, 0.6) is 0 Å². The number of para-hydroxylation sites is 1. The Morgan fingerprint density at radius 2 is 2.21 bits per heavy atom. The number of aromatic nitrogens is 1. The number of fused-ring (bicyclic) bond motifs is 1. The molecule has 3 rings (SSSR count). The fourth-order valence-electron chi connectivity index (χ4n) is 3.01. The molecular weight excluding hydrogens is 324 g/mol. The quantitative estimate of drug-likeness (QED) is 0.918. The summed E-state index contributed by atoms with van der Waals surface area (Å²) in [6.45, 7) is 3.49. The SMILES string of the molecule is CC(=O)NC1CCCN(CC(=O)N(C)c2nc3ccccc3s2)C1. The van der Waals surface area contributed by atoms with Crippen molar-refractivity contribution in [2.24, 2.45) is 0 Å². The summed E-state index contributed by atoms with van der Waals surface area (Å²) in [5, 5.41) is 3.67. The minimum atomic E-state index is -0.0141. The topological polar surface area (TPSA) is 65.5 Å². The smallest absolute Gasteiger partial charge is 0.242 e. The summed E-state index contributed by atoms with van der Waals surface area (Å²) >= 11 is 1.52. The number of likely N-dealkylation sites (N-methyl/N-ethyl adjacent to an activating group) is 1. The molecule has 24 heavy (non-hydrogen) atoms. The van der Waals surface area contributed by atoms with Crippen molar-refractivity contribution in [2.75, 3.05) is 31.6 Å². The third-order valence-corrected chi connectivity index (χ3v) is 5.33. The summed E-state index contributed by atoms with van der Waals surface area (Å²) in [4.78, 5) is 32.1. The Hall–Kier alpha value is -1.99. The van der Waals surface area contributed by atoms with Crippen LogP contribution in [0.15, 0.2) is 24.3 Å². The number of carbonyl (C=O) groups excluding carboxylic acids is 2. The van der Waals surface area contributed by atoms with Gasteiger partial charge >= 0.3 is 0 Å². The molecule has 1 aromatic heterocycles. The predicted octanol–water partition coefficient (Wildman–Crippen LogP) is 1.86. The Kier molecular flexibility index (Phi) is 5.11. The van der Waals surface area contributed by atoms with Crippen molar-refractivity contribution < 1.29 is 9.59 Å². The van der Waals surface area contributed by atoms with Gasteiger partial charge in [-0.1, -0.05) is 23.5 Å². The highest BCUT2D eigenvalue weighted by atomic mass is 32.1. The first-order chi connectivity index (χ1) is 11.5. The summed E-state index contributed by atoms with van der Waals surface area (Å²) in [5.41, 5.74) is 0.917. The third-order valence-electron chi connectivity index (χ3n) is 4.22. The standard InChI is InChI=1S/C17H22N4O2S/c1-12(22)18-13-6-5-9-21(10-13)11-16(23)20(2)17-19-14-7-3-4-8-15(14)24-17/h3-4,7-8,13H,5-6,9-11H2,1-2H3,(H,18,22). The van der Waals surface area contributed by atoms with Crippen LogP contribution in [-0.4, -0.2) is 54.4 Å².